The Hall–Kier alpha value is -1.49. The molecule has 196 valence electrons. The van der Waals surface area contributed by atoms with E-state index in [1.54, 1.807) is 6.92 Å². The summed E-state index contributed by atoms with van der Waals surface area (Å²) < 4.78 is 6.21. The third-order valence-corrected chi connectivity index (χ3v) is 11.4. The molecule has 35 heavy (non-hydrogen) atoms. The van der Waals surface area contributed by atoms with E-state index in [9.17, 15) is 19.5 Å². The minimum Gasteiger partial charge on any atom is -0.462 e. The van der Waals surface area contributed by atoms with Crippen LogP contribution in [0, 0.1) is 45.3 Å². The third kappa shape index (κ3) is 3.95. The van der Waals surface area contributed by atoms with E-state index in [1.807, 2.05) is 6.08 Å². The second-order valence-electron chi connectivity index (χ2n) is 13.7. The molecule has 3 fully saturated rings. The number of fused-ring (bicyclic) bond motifs is 5. The number of rotatable bonds is 5. The van der Waals surface area contributed by atoms with Gasteiger partial charge in [0.1, 0.15) is 12.4 Å². The number of ether oxygens (including phenoxy) is 1. The second kappa shape index (κ2) is 8.82. The molecule has 0 saturated heterocycles. The van der Waals surface area contributed by atoms with E-state index in [4.69, 9.17) is 4.74 Å². The smallest absolute Gasteiger partial charge is 0.308 e. The monoisotopic (exact) mass is 486 g/mol. The van der Waals surface area contributed by atoms with Crippen LogP contribution in [0.4, 0.5) is 0 Å². The van der Waals surface area contributed by atoms with Crippen LogP contribution in [0.25, 0.3) is 0 Å². The van der Waals surface area contributed by atoms with Crippen molar-refractivity contribution in [2.24, 2.45) is 45.3 Å². The molecule has 0 aromatic rings. The fourth-order valence-electron chi connectivity index (χ4n) is 9.90. The van der Waals surface area contributed by atoms with E-state index in [-0.39, 0.29) is 34.4 Å². The Balaban J connectivity index is 1.83. The van der Waals surface area contributed by atoms with Gasteiger partial charge in [0.15, 0.2) is 5.78 Å². The number of hydrogen-bond donors (Lipinski definition) is 1. The first kappa shape index (κ1) is 26.6. The average molecular weight is 487 g/mol. The highest BCUT2D eigenvalue weighted by Crippen LogP contribution is 2.73. The largest absolute Gasteiger partial charge is 0.462 e. The highest BCUT2D eigenvalue weighted by atomic mass is 16.5. The van der Waals surface area contributed by atoms with Crippen molar-refractivity contribution in [3.63, 3.8) is 0 Å². The number of allylic oxidation sites excluding steroid dienone is 2. The Kier molecular flexibility index (Phi) is 6.69. The van der Waals surface area contributed by atoms with E-state index in [0.29, 0.717) is 23.8 Å². The van der Waals surface area contributed by atoms with Crippen molar-refractivity contribution >= 4 is 18.0 Å². The summed E-state index contributed by atoms with van der Waals surface area (Å²) in [6, 6.07) is 0. The summed E-state index contributed by atoms with van der Waals surface area (Å²) in [5.41, 5.74) is 0.348. The van der Waals surface area contributed by atoms with E-state index < -0.39 is 29.5 Å². The molecule has 4 aliphatic carbocycles. The first-order valence-electron chi connectivity index (χ1n) is 13.8. The molecule has 0 radical (unpaired) electrons. The van der Waals surface area contributed by atoms with Gasteiger partial charge in [-0.05, 0) is 86.4 Å². The van der Waals surface area contributed by atoms with Gasteiger partial charge in [-0.3, -0.25) is 9.59 Å². The van der Waals surface area contributed by atoms with Gasteiger partial charge in [0.05, 0.1) is 18.4 Å². The molecule has 0 aromatic heterocycles. The first-order chi connectivity index (χ1) is 16.2. The number of ketones is 1. The van der Waals surface area contributed by atoms with Gasteiger partial charge in [0, 0.05) is 11.0 Å². The van der Waals surface area contributed by atoms with Crippen LogP contribution >= 0.6 is 0 Å². The van der Waals surface area contributed by atoms with Crippen molar-refractivity contribution in [2.45, 2.75) is 112 Å². The normalized spacial score (nSPS) is 45.1. The standard InChI is InChI=1S/C30H46O5/c1-18(32)15-26(34)35-25-16-24-28(5)13-8-12-27(3,4)22(28)11-14-29(24,6)23-10-9-20(19(2)33)21(17-31)30(23,25)7/h9,17-18,21-25,32H,8,10-16H2,1-7H3. The SMILES string of the molecule is CC(=O)C1=CCC2C3(C)CCC4C(C)(C)CCCC4(C)C3CC(OC(=O)CC(C)O)C2(C)C1C=O. The molecule has 9 unspecified atom stereocenters. The van der Waals surface area contributed by atoms with E-state index in [2.05, 4.69) is 34.6 Å². The van der Waals surface area contributed by atoms with Gasteiger partial charge < -0.3 is 14.6 Å². The zero-order valence-electron chi connectivity index (χ0n) is 22.9. The fourth-order valence-corrected chi connectivity index (χ4v) is 9.90. The van der Waals surface area contributed by atoms with Crippen LogP contribution in [-0.4, -0.2) is 35.4 Å². The molecule has 0 aliphatic heterocycles. The molecule has 0 spiro atoms. The van der Waals surface area contributed by atoms with Crippen LogP contribution in [0.3, 0.4) is 0 Å². The number of hydrogen-bond acceptors (Lipinski definition) is 5. The topological polar surface area (TPSA) is 80.7 Å². The Morgan fingerprint density at radius 1 is 1.09 bits per heavy atom. The van der Waals surface area contributed by atoms with Crippen molar-refractivity contribution < 1.29 is 24.2 Å². The number of aliphatic hydroxyl groups is 1. The average Bonchev–Trinajstić information content (AvgIpc) is 2.73. The lowest BCUT2D eigenvalue weighted by molar-refractivity contribution is -0.239. The Bertz CT molecular complexity index is 918. The third-order valence-electron chi connectivity index (χ3n) is 11.4. The summed E-state index contributed by atoms with van der Waals surface area (Å²) in [6.07, 6.45) is 9.02. The predicted octanol–water partition coefficient (Wildman–Crippen LogP) is 5.68. The molecule has 0 aromatic carbocycles. The van der Waals surface area contributed by atoms with Gasteiger partial charge in [-0.1, -0.05) is 47.1 Å². The number of carbonyl (C=O) groups is 3. The molecule has 5 nitrogen and oxygen atoms in total. The molecule has 4 rings (SSSR count). The number of esters is 1. The van der Waals surface area contributed by atoms with Crippen LogP contribution in [0.15, 0.2) is 11.6 Å². The Morgan fingerprint density at radius 2 is 1.74 bits per heavy atom. The highest BCUT2D eigenvalue weighted by Gasteiger charge is 2.69. The fraction of sp³-hybridized carbons (Fsp3) is 0.833. The minimum absolute atomic E-state index is 0.000671. The lowest BCUT2D eigenvalue weighted by atomic mass is 9.34. The highest BCUT2D eigenvalue weighted by molar-refractivity contribution is 5.97. The van der Waals surface area contributed by atoms with E-state index >= 15 is 0 Å². The van der Waals surface area contributed by atoms with Gasteiger partial charge in [0.2, 0.25) is 0 Å². The second-order valence-corrected chi connectivity index (χ2v) is 13.7. The van der Waals surface area contributed by atoms with Gasteiger partial charge >= 0.3 is 5.97 Å². The zero-order valence-corrected chi connectivity index (χ0v) is 22.9. The first-order valence-corrected chi connectivity index (χ1v) is 13.8. The Labute approximate surface area is 211 Å². The van der Waals surface area contributed by atoms with Crippen LogP contribution < -0.4 is 0 Å². The summed E-state index contributed by atoms with van der Waals surface area (Å²) in [5, 5.41) is 9.83. The summed E-state index contributed by atoms with van der Waals surface area (Å²) in [6.45, 7) is 15.0. The maximum absolute atomic E-state index is 12.9. The van der Waals surface area contributed by atoms with Gasteiger partial charge in [-0.25, -0.2) is 0 Å². The number of carbonyl (C=O) groups excluding carboxylic acids is 3. The zero-order chi connectivity index (χ0) is 26.0. The number of aliphatic hydroxyl groups excluding tert-OH is 1. The van der Waals surface area contributed by atoms with Gasteiger partial charge in [-0.15, -0.1) is 0 Å². The molecule has 9 atom stereocenters. The Morgan fingerprint density at radius 3 is 2.34 bits per heavy atom. The van der Waals surface area contributed by atoms with Crippen LogP contribution in [0.1, 0.15) is 99.8 Å². The maximum Gasteiger partial charge on any atom is 0.308 e. The van der Waals surface area contributed by atoms with Crippen LogP contribution in [0.5, 0.6) is 0 Å². The van der Waals surface area contributed by atoms with E-state index in [1.165, 1.54) is 32.6 Å². The molecular formula is C30H46O5. The number of aldehydes is 1. The molecule has 3 saturated carbocycles. The van der Waals surface area contributed by atoms with Gasteiger partial charge in [-0.2, -0.15) is 0 Å². The molecule has 5 heteroatoms. The van der Waals surface area contributed by atoms with Crippen molar-refractivity contribution in [3.05, 3.63) is 11.6 Å². The summed E-state index contributed by atoms with van der Waals surface area (Å²) in [7, 11) is 0. The van der Waals surface area contributed by atoms with Crippen molar-refractivity contribution in [1.29, 1.82) is 0 Å². The maximum atomic E-state index is 12.9. The molecule has 0 heterocycles. The molecule has 1 N–H and O–H groups in total. The lowest BCUT2D eigenvalue weighted by Gasteiger charge is -2.70. The molecule has 0 bridgehead atoms. The quantitative estimate of drug-likeness (QED) is 0.399. The van der Waals surface area contributed by atoms with Crippen LogP contribution in [0.2, 0.25) is 0 Å². The summed E-state index contributed by atoms with van der Waals surface area (Å²) in [5.74, 6) is 0.0453. The predicted molar refractivity (Wildman–Crippen MR) is 135 cm³/mol. The minimum atomic E-state index is -0.781. The summed E-state index contributed by atoms with van der Waals surface area (Å²) in [4.78, 5) is 38.1. The van der Waals surface area contributed by atoms with E-state index in [0.717, 1.165) is 19.1 Å². The van der Waals surface area contributed by atoms with Crippen LogP contribution in [-0.2, 0) is 19.1 Å². The van der Waals surface area contributed by atoms with Gasteiger partial charge in [0.25, 0.3) is 0 Å². The molecular weight excluding hydrogens is 440 g/mol. The molecule has 0 amide bonds. The summed E-state index contributed by atoms with van der Waals surface area (Å²) >= 11 is 0. The van der Waals surface area contributed by atoms with Crippen molar-refractivity contribution in [2.75, 3.05) is 0 Å². The lowest BCUT2D eigenvalue weighted by Crippen LogP contribution is -2.67. The molecule has 4 aliphatic rings. The number of Topliss-reactive ketones (excluding diaryl/α,β-unsaturated/α-hetero) is 1. The van der Waals surface area contributed by atoms with Crippen molar-refractivity contribution in [1.82, 2.24) is 0 Å². The van der Waals surface area contributed by atoms with Crippen molar-refractivity contribution in [3.8, 4) is 0 Å².